The summed E-state index contributed by atoms with van der Waals surface area (Å²) < 4.78 is 32.4. The molecule has 40 heavy (non-hydrogen) atoms. The summed E-state index contributed by atoms with van der Waals surface area (Å²) in [6.45, 7) is 1.96. The molecule has 0 bridgehead atoms. The Labute approximate surface area is 234 Å². The van der Waals surface area contributed by atoms with Gasteiger partial charge in [0, 0.05) is 5.56 Å². The Morgan fingerprint density at radius 3 is 2.50 bits per heavy atom. The molecular weight excluding hydrogens is 531 g/mol. The van der Waals surface area contributed by atoms with Crippen LogP contribution in [0.3, 0.4) is 0 Å². The van der Waals surface area contributed by atoms with E-state index in [1.54, 1.807) is 47.0 Å². The van der Waals surface area contributed by atoms with E-state index in [-0.39, 0.29) is 18.0 Å². The van der Waals surface area contributed by atoms with Crippen LogP contribution in [0, 0.1) is 5.82 Å². The SMILES string of the molecule is CCC1=C(C(=O)OC)[C@H](c2ccccc2)n2c(s/c(=C\c3ccc(OCc4ccccc4F)c(OC)c3)c2=O)=N1. The number of methoxy groups -OCH3 is 2. The molecule has 9 heteroatoms. The summed E-state index contributed by atoms with van der Waals surface area (Å²) in [5, 5.41) is 0. The molecule has 0 saturated carbocycles. The molecule has 2 heterocycles. The topological polar surface area (TPSA) is 79.1 Å². The third-order valence-electron chi connectivity index (χ3n) is 6.59. The van der Waals surface area contributed by atoms with Gasteiger partial charge in [0.2, 0.25) is 0 Å². The maximum atomic E-state index is 14.0. The van der Waals surface area contributed by atoms with Crippen LogP contribution in [0.4, 0.5) is 4.39 Å². The Kier molecular flexibility index (Phi) is 7.93. The van der Waals surface area contributed by atoms with Crippen LogP contribution in [-0.4, -0.2) is 24.8 Å². The number of carbonyl (C=O) groups is 1. The van der Waals surface area contributed by atoms with Crippen molar-refractivity contribution in [2.45, 2.75) is 26.0 Å². The fourth-order valence-electron chi connectivity index (χ4n) is 4.63. The number of thiazole rings is 1. The van der Waals surface area contributed by atoms with Crippen LogP contribution >= 0.6 is 11.3 Å². The molecule has 204 valence electrons. The van der Waals surface area contributed by atoms with Crippen molar-refractivity contribution in [1.82, 2.24) is 4.57 Å². The molecule has 3 aromatic carbocycles. The van der Waals surface area contributed by atoms with Gasteiger partial charge in [0.25, 0.3) is 5.56 Å². The monoisotopic (exact) mass is 558 g/mol. The van der Waals surface area contributed by atoms with Crippen molar-refractivity contribution < 1.29 is 23.4 Å². The van der Waals surface area contributed by atoms with E-state index in [4.69, 9.17) is 14.2 Å². The maximum Gasteiger partial charge on any atom is 0.338 e. The zero-order valence-corrected chi connectivity index (χ0v) is 23.0. The lowest BCUT2D eigenvalue weighted by atomic mass is 9.95. The van der Waals surface area contributed by atoms with E-state index < -0.39 is 12.0 Å². The Hall–Kier alpha value is -4.50. The van der Waals surface area contributed by atoms with E-state index in [0.29, 0.717) is 49.7 Å². The summed E-state index contributed by atoms with van der Waals surface area (Å²) >= 11 is 1.25. The molecule has 0 saturated heterocycles. The van der Waals surface area contributed by atoms with Crippen molar-refractivity contribution in [3.05, 3.63) is 126 Å². The lowest BCUT2D eigenvalue weighted by Crippen LogP contribution is -2.40. The first-order chi connectivity index (χ1) is 19.4. The fourth-order valence-corrected chi connectivity index (χ4v) is 5.65. The maximum absolute atomic E-state index is 14.0. The Morgan fingerprint density at radius 2 is 1.80 bits per heavy atom. The van der Waals surface area contributed by atoms with Gasteiger partial charge in [-0.1, -0.05) is 72.9 Å². The van der Waals surface area contributed by atoms with Gasteiger partial charge in [-0.15, -0.1) is 0 Å². The standard InChI is InChI=1S/C31H27FN2O5S/c1-4-23-27(30(36)38-3)28(20-10-6-5-7-11-20)34-29(35)26(40-31(34)33-23)17-19-14-15-24(25(16-19)37-2)39-18-21-12-8-9-13-22(21)32/h5-17,28H,4,18H2,1-3H3/b26-17-/t28-/m0/s1. The molecule has 0 aliphatic carbocycles. The van der Waals surface area contributed by atoms with Gasteiger partial charge in [-0.25, -0.2) is 14.2 Å². The van der Waals surface area contributed by atoms with Crippen LogP contribution in [0.5, 0.6) is 11.5 Å². The lowest BCUT2D eigenvalue weighted by molar-refractivity contribution is -0.136. The minimum atomic E-state index is -0.661. The van der Waals surface area contributed by atoms with Gasteiger partial charge in [-0.05, 0) is 41.8 Å². The number of hydrogen-bond acceptors (Lipinski definition) is 7. The minimum Gasteiger partial charge on any atom is -0.493 e. The van der Waals surface area contributed by atoms with Crippen molar-refractivity contribution in [2.24, 2.45) is 4.99 Å². The van der Waals surface area contributed by atoms with Crippen LogP contribution in [0.25, 0.3) is 6.08 Å². The number of ether oxygens (including phenoxy) is 3. The van der Waals surface area contributed by atoms with Gasteiger partial charge in [-0.3, -0.25) is 9.36 Å². The van der Waals surface area contributed by atoms with Gasteiger partial charge in [-0.2, -0.15) is 0 Å². The highest BCUT2D eigenvalue weighted by atomic mass is 32.1. The number of aromatic nitrogens is 1. The predicted octanol–water partition coefficient (Wildman–Crippen LogP) is 4.53. The van der Waals surface area contributed by atoms with Crippen LogP contribution in [0.15, 0.2) is 93.9 Å². The lowest BCUT2D eigenvalue weighted by Gasteiger charge is -2.25. The minimum absolute atomic E-state index is 0.0444. The number of hydrogen-bond donors (Lipinski definition) is 0. The summed E-state index contributed by atoms with van der Waals surface area (Å²) in [7, 11) is 2.84. The number of nitrogens with zero attached hydrogens (tertiary/aromatic N) is 2. The number of allylic oxidation sites excluding steroid dienone is 1. The van der Waals surface area contributed by atoms with E-state index in [1.165, 1.54) is 31.6 Å². The number of esters is 1. The summed E-state index contributed by atoms with van der Waals surface area (Å²) in [6.07, 6.45) is 2.26. The fraction of sp³-hybridized carbons (Fsp3) is 0.194. The molecule has 5 rings (SSSR count). The average molecular weight is 559 g/mol. The molecule has 1 aliphatic rings. The molecule has 0 unspecified atom stereocenters. The summed E-state index contributed by atoms with van der Waals surface area (Å²) in [4.78, 5) is 31.9. The second-order valence-electron chi connectivity index (χ2n) is 8.99. The van der Waals surface area contributed by atoms with Crippen molar-refractivity contribution in [3.63, 3.8) is 0 Å². The van der Waals surface area contributed by atoms with Gasteiger partial charge in [0.05, 0.1) is 36.1 Å². The molecule has 4 aromatic rings. The van der Waals surface area contributed by atoms with Crippen molar-refractivity contribution in [3.8, 4) is 11.5 Å². The van der Waals surface area contributed by atoms with Gasteiger partial charge < -0.3 is 14.2 Å². The highest BCUT2D eigenvalue weighted by molar-refractivity contribution is 7.07. The number of halogens is 1. The molecule has 1 aliphatic heterocycles. The van der Waals surface area contributed by atoms with Gasteiger partial charge in [0.1, 0.15) is 12.4 Å². The molecule has 1 aromatic heterocycles. The van der Waals surface area contributed by atoms with E-state index >= 15 is 0 Å². The second-order valence-corrected chi connectivity index (χ2v) is 10.00. The molecule has 0 radical (unpaired) electrons. The average Bonchev–Trinajstić information content (AvgIpc) is 3.30. The number of carbonyl (C=O) groups excluding carboxylic acids is 1. The van der Waals surface area contributed by atoms with E-state index in [9.17, 15) is 14.0 Å². The molecular formula is C31H27FN2O5S. The zero-order valence-electron chi connectivity index (χ0n) is 22.2. The molecule has 0 fully saturated rings. The first-order valence-electron chi connectivity index (χ1n) is 12.7. The third kappa shape index (κ3) is 5.20. The van der Waals surface area contributed by atoms with Crippen LogP contribution in [0.1, 0.15) is 36.1 Å². The van der Waals surface area contributed by atoms with E-state index in [2.05, 4.69) is 4.99 Å². The van der Waals surface area contributed by atoms with Crippen molar-refractivity contribution in [2.75, 3.05) is 14.2 Å². The number of fused-ring (bicyclic) bond motifs is 1. The highest BCUT2D eigenvalue weighted by Gasteiger charge is 2.33. The number of benzene rings is 3. The predicted molar refractivity (Wildman–Crippen MR) is 151 cm³/mol. The second kappa shape index (κ2) is 11.7. The molecule has 0 N–H and O–H groups in total. The van der Waals surface area contributed by atoms with Crippen LogP contribution in [0.2, 0.25) is 0 Å². The largest absolute Gasteiger partial charge is 0.493 e. The van der Waals surface area contributed by atoms with Crippen molar-refractivity contribution >= 4 is 23.4 Å². The molecule has 1 atom stereocenters. The Bertz CT molecular complexity index is 1780. The first kappa shape index (κ1) is 27.1. The normalized spacial score (nSPS) is 14.9. The van der Waals surface area contributed by atoms with Crippen LogP contribution < -0.4 is 24.4 Å². The first-order valence-corrected chi connectivity index (χ1v) is 13.5. The zero-order chi connectivity index (χ0) is 28.2. The molecule has 0 amide bonds. The quantitative estimate of drug-likeness (QED) is 0.297. The van der Waals surface area contributed by atoms with Crippen LogP contribution in [-0.2, 0) is 16.1 Å². The van der Waals surface area contributed by atoms with Gasteiger partial charge in [0.15, 0.2) is 16.3 Å². The Morgan fingerprint density at radius 1 is 1.05 bits per heavy atom. The highest BCUT2D eigenvalue weighted by Crippen LogP contribution is 2.32. The summed E-state index contributed by atoms with van der Waals surface area (Å²) in [6, 6.07) is 20.4. The van der Waals surface area contributed by atoms with Gasteiger partial charge >= 0.3 is 5.97 Å². The Balaban J connectivity index is 1.56. The molecule has 7 nitrogen and oxygen atoms in total. The summed E-state index contributed by atoms with van der Waals surface area (Å²) in [5.74, 6) is 0.0355. The van der Waals surface area contributed by atoms with Crippen molar-refractivity contribution in [1.29, 1.82) is 0 Å². The van der Waals surface area contributed by atoms with E-state index in [1.807, 2.05) is 37.3 Å². The number of rotatable bonds is 8. The third-order valence-corrected chi connectivity index (χ3v) is 7.57. The van der Waals surface area contributed by atoms with E-state index in [0.717, 1.165) is 5.56 Å². The smallest absolute Gasteiger partial charge is 0.338 e. The summed E-state index contributed by atoms with van der Waals surface area (Å²) in [5.41, 5.74) is 2.60. The molecule has 0 spiro atoms.